The van der Waals surface area contributed by atoms with Crippen molar-refractivity contribution in [1.29, 1.82) is 0 Å². The van der Waals surface area contributed by atoms with Crippen molar-refractivity contribution >= 4 is 10.9 Å². The van der Waals surface area contributed by atoms with Crippen molar-refractivity contribution in [3.8, 4) is 5.75 Å². The number of ether oxygens (including phenoxy) is 1. The third-order valence-corrected chi connectivity index (χ3v) is 5.20. The fourth-order valence-corrected chi connectivity index (χ4v) is 3.90. The first-order valence-electron chi connectivity index (χ1n) is 9.07. The molecule has 2 heterocycles. The molecule has 3 aromatic rings. The monoisotopic (exact) mass is 335 g/mol. The standard InChI is InChI=1S/C21H25N3O/c1-25-20-7-4-16(5-8-20)14-24-10-2-3-18(15-24)11-17-6-9-21-19(12-17)13-22-23-21/h4-9,12-13,18H,2-3,10-11,14-15H2,1H3,(H,22,23)/t18-/m1/s1. The van der Waals surface area contributed by atoms with Crippen molar-refractivity contribution in [2.24, 2.45) is 5.92 Å². The summed E-state index contributed by atoms with van der Waals surface area (Å²) in [5, 5.41) is 8.36. The summed E-state index contributed by atoms with van der Waals surface area (Å²) in [5.41, 5.74) is 3.90. The van der Waals surface area contributed by atoms with Crippen molar-refractivity contribution in [2.45, 2.75) is 25.8 Å². The summed E-state index contributed by atoms with van der Waals surface area (Å²) in [4.78, 5) is 2.59. The maximum Gasteiger partial charge on any atom is 0.118 e. The molecule has 2 aromatic carbocycles. The second kappa shape index (κ2) is 7.28. The number of benzene rings is 2. The van der Waals surface area contributed by atoms with Crippen molar-refractivity contribution in [2.75, 3.05) is 20.2 Å². The van der Waals surface area contributed by atoms with Gasteiger partial charge in [0, 0.05) is 18.5 Å². The van der Waals surface area contributed by atoms with E-state index in [1.807, 2.05) is 6.20 Å². The van der Waals surface area contributed by atoms with Crippen LogP contribution in [0.2, 0.25) is 0 Å². The zero-order valence-corrected chi connectivity index (χ0v) is 14.7. The Balaban J connectivity index is 1.38. The van der Waals surface area contributed by atoms with Crippen LogP contribution in [0.4, 0.5) is 0 Å². The highest BCUT2D eigenvalue weighted by Gasteiger charge is 2.20. The molecule has 1 atom stereocenters. The predicted molar refractivity (Wildman–Crippen MR) is 101 cm³/mol. The Hall–Kier alpha value is -2.33. The van der Waals surface area contributed by atoms with Crippen LogP contribution >= 0.6 is 0 Å². The molecule has 0 saturated carbocycles. The summed E-state index contributed by atoms with van der Waals surface area (Å²) < 4.78 is 5.25. The lowest BCUT2D eigenvalue weighted by Crippen LogP contribution is -2.35. The zero-order chi connectivity index (χ0) is 17.1. The van der Waals surface area contributed by atoms with Crippen LogP contribution in [0.1, 0.15) is 24.0 Å². The molecule has 4 rings (SSSR count). The summed E-state index contributed by atoms with van der Waals surface area (Å²) in [6.45, 7) is 3.40. The number of nitrogens with one attached hydrogen (secondary N) is 1. The van der Waals surface area contributed by atoms with E-state index in [1.54, 1.807) is 7.11 Å². The Morgan fingerprint density at radius 3 is 2.84 bits per heavy atom. The zero-order valence-electron chi connectivity index (χ0n) is 14.7. The van der Waals surface area contributed by atoms with E-state index in [2.05, 4.69) is 57.6 Å². The number of fused-ring (bicyclic) bond motifs is 1. The Morgan fingerprint density at radius 2 is 2.00 bits per heavy atom. The van der Waals surface area contributed by atoms with Gasteiger partial charge in [0.05, 0.1) is 18.8 Å². The van der Waals surface area contributed by atoms with Gasteiger partial charge in [-0.15, -0.1) is 0 Å². The number of piperidine rings is 1. The summed E-state index contributed by atoms with van der Waals surface area (Å²) in [6, 6.07) is 15.1. The van der Waals surface area contributed by atoms with Crippen LogP contribution in [0.25, 0.3) is 10.9 Å². The topological polar surface area (TPSA) is 41.1 Å². The summed E-state index contributed by atoms with van der Waals surface area (Å²) in [5.74, 6) is 1.66. The molecule has 1 aliphatic rings. The lowest BCUT2D eigenvalue weighted by atomic mass is 9.90. The van der Waals surface area contributed by atoms with Gasteiger partial charge in [0.2, 0.25) is 0 Å². The fourth-order valence-electron chi connectivity index (χ4n) is 3.90. The van der Waals surface area contributed by atoms with Gasteiger partial charge >= 0.3 is 0 Å². The fraction of sp³-hybridized carbons (Fsp3) is 0.381. The normalized spacial score (nSPS) is 18.5. The van der Waals surface area contributed by atoms with Crippen molar-refractivity contribution in [3.63, 3.8) is 0 Å². The number of aromatic nitrogens is 2. The molecular weight excluding hydrogens is 310 g/mol. The van der Waals surface area contributed by atoms with Gasteiger partial charge in [0.15, 0.2) is 0 Å². The molecular formula is C21H25N3O. The summed E-state index contributed by atoms with van der Waals surface area (Å²) >= 11 is 0. The third-order valence-electron chi connectivity index (χ3n) is 5.20. The molecule has 0 spiro atoms. The van der Waals surface area contributed by atoms with Crippen LogP contribution in [0.5, 0.6) is 5.75 Å². The van der Waals surface area contributed by atoms with E-state index in [1.165, 1.54) is 42.4 Å². The van der Waals surface area contributed by atoms with Crippen molar-refractivity contribution in [3.05, 3.63) is 59.8 Å². The minimum atomic E-state index is 0.733. The van der Waals surface area contributed by atoms with E-state index in [9.17, 15) is 0 Å². The predicted octanol–water partition coefficient (Wildman–Crippen LogP) is 4.03. The number of hydrogen-bond donors (Lipinski definition) is 1. The summed E-state index contributed by atoms with van der Waals surface area (Å²) in [6.07, 6.45) is 5.67. The number of rotatable bonds is 5. The number of nitrogens with zero attached hydrogens (tertiary/aromatic N) is 2. The summed E-state index contributed by atoms with van der Waals surface area (Å²) in [7, 11) is 1.71. The Bertz CT molecular complexity index is 825. The molecule has 1 fully saturated rings. The van der Waals surface area contributed by atoms with E-state index in [0.717, 1.165) is 30.1 Å². The SMILES string of the molecule is COc1ccc(CN2CCC[C@H](Cc3ccc4[nH]ncc4c3)C2)cc1. The minimum Gasteiger partial charge on any atom is -0.497 e. The number of methoxy groups -OCH3 is 1. The highest BCUT2D eigenvalue weighted by atomic mass is 16.5. The maximum absolute atomic E-state index is 5.25. The molecule has 130 valence electrons. The molecule has 1 N–H and O–H groups in total. The molecule has 0 radical (unpaired) electrons. The van der Waals surface area contributed by atoms with Gasteiger partial charge in [0.1, 0.15) is 5.75 Å². The molecule has 0 amide bonds. The van der Waals surface area contributed by atoms with Crippen LogP contribution in [0.3, 0.4) is 0 Å². The molecule has 0 unspecified atom stereocenters. The smallest absolute Gasteiger partial charge is 0.118 e. The number of hydrogen-bond acceptors (Lipinski definition) is 3. The van der Waals surface area contributed by atoms with E-state index in [0.29, 0.717) is 0 Å². The first-order chi connectivity index (χ1) is 12.3. The highest BCUT2D eigenvalue weighted by molar-refractivity contribution is 5.78. The largest absolute Gasteiger partial charge is 0.497 e. The van der Waals surface area contributed by atoms with Crippen LogP contribution in [0, 0.1) is 5.92 Å². The van der Waals surface area contributed by atoms with Gasteiger partial charge in [-0.05, 0) is 67.1 Å². The Morgan fingerprint density at radius 1 is 1.16 bits per heavy atom. The Kier molecular flexibility index (Phi) is 4.70. The van der Waals surface area contributed by atoms with E-state index >= 15 is 0 Å². The molecule has 1 aliphatic heterocycles. The van der Waals surface area contributed by atoms with Gasteiger partial charge in [-0.25, -0.2) is 0 Å². The molecule has 1 aromatic heterocycles. The second-order valence-electron chi connectivity index (χ2n) is 7.09. The quantitative estimate of drug-likeness (QED) is 0.765. The number of H-pyrrole nitrogens is 1. The van der Waals surface area contributed by atoms with E-state index in [4.69, 9.17) is 4.74 Å². The molecule has 25 heavy (non-hydrogen) atoms. The van der Waals surface area contributed by atoms with Crippen molar-refractivity contribution < 1.29 is 4.74 Å². The van der Waals surface area contributed by atoms with Crippen molar-refractivity contribution in [1.82, 2.24) is 15.1 Å². The minimum absolute atomic E-state index is 0.733. The lowest BCUT2D eigenvalue weighted by molar-refractivity contribution is 0.167. The Labute approximate surface area is 148 Å². The molecule has 4 heteroatoms. The van der Waals surface area contributed by atoms with Crippen LogP contribution in [-0.2, 0) is 13.0 Å². The van der Waals surface area contributed by atoms with Gasteiger partial charge in [0.25, 0.3) is 0 Å². The van der Waals surface area contributed by atoms with E-state index in [-0.39, 0.29) is 0 Å². The van der Waals surface area contributed by atoms with Crippen LogP contribution in [-0.4, -0.2) is 35.3 Å². The average molecular weight is 335 g/mol. The lowest BCUT2D eigenvalue weighted by Gasteiger charge is -2.33. The van der Waals surface area contributed by atoms with Crippen LogP contribution < -0.4 is 4.74 Å². The second-order valence-corrected chi connectivity index (χ2v) is 7.09. The van der Waals surface area contributed by atoms with E-state index < -0.39 is 0 Å². The molecule has 1 saturated heterocycles. The number of aromatic amines is 1. The maximum atomic E-state index is 5.25. The molecule has 0 aliphatic carbocycles. The van der Waals surface area contributed by atoms with Gasteiger partial charge < -0.3 is 4.74 Å². The molecule has 4 nitrogen and oxygen atoms in total. The number of likely N-dealkylation sites (tertiary alicyclic amines) is 1. The average Bonchev–Trinajstić information content (AvgIpc) is 3.10. The van der Waals surface area contributed by atoms with Gasteiger partial charge in [-0.1, -0.05) is 18.2 Å². The molecule has 0 bridgehead atoms. The highest BCUT2D eigenvalue weighted by Crippen LogP contribution is 2.24. The first kappa shape index (κ1) is 16.2. The van der Waals surface area contributed by atoms with Gasteiger partial charge in [-0.2, -0.15) is 5.10 Å². The third kappa shape index (κ3) is 3.85. The van der Waals surface area contributed by atoms with Crippen LogP contribution in [0.15, 0.2) is 48.7 Å². The first-order valence-corrected chi connectivity index (χ1v) is 9.07. The van der Waals surface area contributed by atoms with Gasteiger partial charge in [-0.3, -0.25) is 10.00 Å².